The molecule has 2 aromatic carbocycles. The van der Waals surface area contributed by atoms with E-state index in [9.17, 15) is 24.8 Å². The van der Waals surface area contributed by atoms with E-state index in [4.69, 9.17) is 5.11 Å². The van der Waals surface area contributed by atoms with Gasteiger partial charge in [-0.15, -0.1) is 0 Å². The van der Waals surface area contributed by atoms with Gasteiger partial charge in [0.25, 0.3) is 5.91 Å². The summed E-state index contributed by atoms with van der Waals surface area (Å²) in [7, 11) is 0. The number of aliphatic hydroxyl groups is 1. The highest BCUT2D eigenvalue weighted by atomic mass is 79.9. The minimum atomic E-state index is -0.736. The zero-order valence-electron chi connectivity index (χ0n) is 14.2. The van der Waals surface area contributed by atoms with E-state index in [1.54, 1.807) is 12.1 Å². The summed E-state index contributed by atoms with van der Waals surface area (Å²) in [5.74, 6) is -1.55. The van der Waals surface area contributed by atoms with Gasteiger partial charge in [-0.1, -0.05) is 34.1 Å². The largest absolute Gasteiger partial charge is 0.502 e. The van der Waals surface area contributed by atoms with Crippen molar-refractivity contribution in [3.63, 3.8) is 0 Å². The van der Waals surface area contributed by atoms with Crippen molar-refractivity contribution in [3.05, 3.63) is 73.8 Å². The fraction of sp³-hybridized carbons (Fsp3) is 0.0556. The zero-order valence-corrected chi connectivity index (χ0v) is 15.8. The molecular formula is C18H14BrN3O6. The first-order valence-electron chi connectivity index (χ1n) is 7.74. The van der Waals surface area contributed by atoms with E-state index < -0.39 is 34.7 Å². The maximum absolute atomic E-state index is 12.1. The van der Waals surface area contributed by atoms with Gasteiger partial charge >= 0.3 is 5.69 Å². The number of phenols is 1. The van der Waals surface area contributed by atoms with Crippen LogP contribution in [0.5, 0.6) is 5.75 Å². The Bertz CT molecular complexity index is 970. The van der Waals surface area contributed by atoms with Crippen LogP contribution >= 0.6 is 15.9 Å². The molecule has 0 spiro atoms. The molecule has 0 aliphatic heterocycles. The average molecular weight is 448 g/mol. The van der Waals surface area contributed by atoms with Crippen molar-refractivity contribution in [3.8, 4) is 5.75 Å². The molecule has 0 aliphatic carbocycles. The Kier molecular flexibility index (Phi) is 7.13. The Hall–Kier alpha value is -3.37. The van der Waals surface area contributed by atoms with Crippen LogP contribution in [0, 0.1) is 10.1 Å². The summed E-state index contributed by atoms with van der Waals surface area (Å²) in [5, 5.41) is 33.1. The molecule has 0 saturated heterocycles. The molecule has 144 valence electrons. The molecule has 0 radical (unpaired) electrons. The van der Waals surface area contributed by atoms with Gasteiger partial charge in [0.05, 0.1) is 11.1 Å². The third kappa shape index (κ3) is 5.56. The minimum Gasteiger partial charge on any atom is -0.502 e. The number of nitro groups is 1. The second kappa shape index (κ2) is 9.53. The van der Waals surface area contributed by atoms with Gasteiger partial charge in [-0.05, 0) is 29.8 Å². The molecule has 28 heavy (non-hydrogen) atoms. The lowest BCUT2D eigenvalue weighted by atomic mass is 10.1. The highest BCUT2D eigenvalue weighted by Crippen LogP contribution is 2.32. The number of hydrogen-bond acceptors (Lipinski definition) is 7. The number of aliphatic hydroxyl groups excluding tert-OH is 1. The molecule has 3 N–H and O–H groups in total. The van der Waals surface area contributed by atoms with Crippen LogP contribution in [0.2, 0.25) is 0 Å². The van der Waals surface area contributed by atoms with Crippen molar-refractivity contribution in [2.45, 2.75) is 0 Å². The van der Waals surface area contributed by atoms with Crippen LogP contribution in [0.4, 0.5) is 5.69 Å². The lowest BCUT2D eigenvalue weighted by Crippen LogP contribution is -2.17. The number of halogens is 1. The second-order valence-corrected chi connectivity index (χ2v) is 6.31. The summed E-state index contributed by atoms with van der Waals surface area (Å²) in [6.45, 7) is -0.578. The number of phenolic OH excluding ortho intramolecular Hbond substituents is 1. The number of hydrogen-bond donors (Lipinski definition) is 3. The van der Waals surface area contributed by atoms with Gasteiger partial charge in [0.1, 0.15) is 6.61 Å². The first-order chi connectivity index (χ1) is 13.3. The first-order valence-corrected chi connectivity index (χ1v) is 8.53. The van der Waals surface area contributed by atoms with Gasteiger partial charge in [0.15, 0.2) is 5.78 Å². The molecule has 10 heteroatoms. The van der Waals surface area contributed by atoms with E-state index in [0.29, 0.717) is 10.0 Å². The molecule has 9 nitrogen and oxygen atoms in total. The molecule has 0 aliphatic rings. The van der Waals surface area contributed by atoms with Gasteiger partial charge < -0.3 is 10.2 Å². The smallest absolute Gasteiger partial charge is 0.312 e. The highest BCUT2D eigenvalue weighted by molar-refractivity contribution is 9.10. The summed E-state index contributed by atoms with van der Waals surface area (Å²) in [5.41, 5.74) is 2.75. The number of nitrogens with zero attached hydrogens (tertiary/aromatic N) is 2. The number of rotatable bonds is 7. The van der Waals surface area contributed by atoms with Crippen molar-refractivity contribution < 1.29 is 24.7 Å². The van der Waals surface area contributed by atoms with Crippen molar-refractivity contribution in [2.24, 2.45) is 5.10 Å². The van der Waals surface area contributed by atoms with Crippen LogP contribution in [0.25, 0.3) is 6.08 Å². The standard InChI is InChI=1S/C18H14BrN3O6/c19-14-7-13(17(25)16(8-14)22(27)28)9-20-21-18(26)12-4-1-11(2-5-12)3-6-15(24)10-23/h1-9,23,25H,10H2,(H,21,26)/b6-3+,20-9+. The predicted molar refractivity (Wildman–Crippen MR) is 105 cm³/mol. The number of ketones is 1. The molecule has 0 fully saturated rings. The quantitative estimate of drug-likeness (QED) is 0.257. The first kappa shape index (κ1) is 20.9. The van der Waals surface area contributed by atoms with Crippen LogP contribution in [0.15, 0.2) is 52.0 Å². The lowest BCUT2D eigenvalue weighted by molar-refractivity contribution is -0.385. The molecule has 1 amide bonds. The second-order valence-electron chi connectivity index (χ2n) is 5.40. The van der Waals surface area contributed by atoms with Crippen LogP contribution in [0.3, 0.4) is 0 Å². The third-order valence-electron chi connectivity index (χ3n) is 3.44. The monoisotopic (exact) mass is 447 g/mol. The maximum Gasteiger partial charge on any atom is 0.312 e. The van der Waals surface area contributed by atoms with Gasteiger partial charge in [0, 0.05) is 21.7 Å². The van der Waals surface area contributed by atoms with Gasteiger partial charge in [-0.3, -0.25) is 19.7 Å². The predicted octanol–water partition coefficient (Wildman–Crippen LogP) is 2.40. The van der Waals surface area contributed by atoms with E-state index in [0.717, 1.165) is 12.3 Å². The number of nitrogens with one attached hydrogen (secondary N) is 1. The van der Waals surface area contributed by atoms with Crippen molar-refractivity contribution in [1.82, 2.24) is 5.43 Å². The molecule has 2 rings (SSSR count). The van der Waals surface area contributed by atoms with Gasteiger partial charge in [0.2, 0.25) is 5.75 Å². The molecule has 0 bridgehead atoms. The topological polar surface area (TPSA) is 142 Å². The number of carbonyl (C=O) groups excluding carboxylic acids is 2. The fourth-order valence-electron chi connectivity index (χ4n) is 2.06. The molecule has 0 saturated carbocycles. The van der Waals surface area contributed by atoms with E-state index >= 15 is 0 Å². The number of hydrazone groups is 1. The van der Waals surface area contributed by atoms with E-state index in [1.165, 1.54) is 30.4 Å². The Balaban J connectivity index is 2.07. The van der Waals surface area contributed by atoms with Crippen LogP contribution in [0.1, 0.15) is 21.5 Å². The number of aromatic hydroxyl groups is 1. The van der Waals surface area contributed by atoms with E-state index in [-0.39, 0.29) is 11.1 Å². The summed E-state index contributed by atoms with van der Waals surface area (Å²) in [6, 6.07) is 8.78. The third-order valence-corrected chi connectivity index (χ3v) is 3.90. The van der Waals surface area contributed by atoms with Gasteiger partial charge in [-0.25, -0.2) is 5.43 Å². The molecule has 0 atom stereocenters. The Morgan fingerprint density at radius 2 is 1.93 bits per heavy atom. The Morgan fingerprint density at radius 3 is 2.54 bits per heavy atom. The van der Waals surface area contributed by atoms with Crippen molar-refractivity contribution in [2.75, 3.05) is 6.61 Å². The van der Waals surface area contributed by atoms with E-state index in [2.05, 4.69) is 26.5 Å². The van der Waals surface area contributed by atoms with Crippen LogP contribution in [-0.2, 0) is 4.79 Å². The summed E-state index contributed by atoms with van der Waals surface area (Å²) in [4.78, 5) is 33.3. The van der Waals surface area contributed by atoms with Crippen molar-refractivity contribution >= 4 is 45.6 Å². The van der Waals surface area contributed by atoms with Gasteiger partial charge in [-0.2, -0.15) is 5.10 Å². The summed E-state index contributed by atoms with van der Waals surface area (Å²) in [6.07, 6.45) is 3.81. The summed E-state index contributed by atoms with van der Waals surface area (Å²) >= 11 is 3.10. The normalized spacial score (nSPS) is 11.1. The fourth-order valence-corrected chi connectivity index (χ4v) is 2.52. The maximum atomic E-state index is 12.1. The van der Waals surface area contributed by atoms with Crippen molar-refractivity contribution in [1.29, 1.82) is 0 Å². The number of carbonyl (C=O) groups is 2. The molecule has 2 aromatic rings. The minimum absolute atomic E-state index is 0.0513. The average Bonchev–Trinajstić information content (AvgIpc) is 2.68. The highest BCUT2D eigenvalue weighted by Gasteiger charge is 2.17. The molecular weight excluding hydrogens is 434 g/mol. The molecule has 0 unspecified atom stereocenters. The van der Waals surface area contributed by atoms with Crippen LogP contribution in [-0.4, -0.2) is 39.6 Å². The SMILES string of the molecule is O=C(/C=C/c1ccc(C(=O)N/N=C/c2cc(Br)cc([N+](=O)[O-])c2O)cc1)CO. The Labute approximate surface area is 167 Å². The Morgan fingerprint density at radius 1 is 1.25 bits per heavy atom. The number of benzene rings is 2. The summed E-state index contributed by atoms with van der Waals surface area (Å²) < 4.78 is 0.369. The number of nitro benzene ring substituents is 1. The van der Waals surface area contributed by atoms with Crippen LogP contribution < -0.4 is 5.43 Å². The lowest BCUT2D eigenvalue weighted by Gasteiger charge is -2.03. The molecule has 0 aromatic heterocycles. The van der Waals surface area contributed by atoms with E-state index in [1.807, 2.05) is 0 Å². The number of amides is 1. The molecule has 0 heterocycles. The zero-order chi connectivity index (χ0) is 20.7.